The van der Waals surface area contributed by atoms with Gasteiger partial charge in [0, 0.05) is 18.2 Å². The number of rotatable bonds is 0. The molecule has 0 radical (unpaired) electrons. The van der Waals surface area contributed by atoms with Crippen LogP contribution >= 0.6 is 0 Å². The van der Waals surface area contributed by atoms with Gasteiger partial charge in [-0.3, -0.25) is 0 Å². The van der Waals surface area contributed by atoms with Crippen molar-refractivity contribution in [3.05, 3.63) is 54.1 Å². The Balaban J connectivity index is 2.45. The number of hydrogen-bond acceptors (Lipinski definition) is 3. The van der Waals surface area contributed by atoms with E-state index in [2.05, 4.69) is 0 Å². The van der Waals surface area contributed by atoms with Crippen LogP contribution in [-0.4, -0.2) is 24.9 Å². The fourth-order valence-corrected chi connectivity index (χ4v) is 3.76. The second-order valence-corrected chi connectivity index (χ2v) is 6.44. The minimum Gasteiger partial charge on any atom is -0.373 e. The SMILES string of the molecule is CN1C(O)c2ccccc2-c2ccccc2S1(=O)=O. The standard InChI is InChI=1S/C14H13NO3S/c1-15-14(16)12-8-3-2-6-10(12)11-7-4-5-9-13(11)19(15,17)18/h2-9,14,16H,1H3. The molecule has 0 saturated carbocycles. The molecular formula is C14H13NO3S. The lowest BCUT2D eigenvalue weighted by Crippen LogP contribution is -2.30. The molecule has 1 N–H and O–H groups in total. The van der Waals surface area contributed by atoms with E-state index in [1.165, 1.54) is 7.05 Å². The molecule has 0 saturated heterocycles. The minimum absolute atomic E-state index is 0.224. The van der Waals surface area contributed by atoms with Crippen LogP contribution in [0.2, 0.25) is 0 Å². The molecular weight excluding hydrogens is 262 g/mol. The van der Waals surface area contributed by atoms with Crippen molar-refractivity contribution in [2.75, 3.05) is 7.05 Å². The number of aliphatic hydroxyl groups excluding tert-OH is 1. The summed E-state index contributed by atoms with van der Waals surface area (Å²) in [6.07, 6.45) is -1.17. The molecule has 0 aliphatic carbocycles. The Bertz CT molecular complexity index is 740. The predicted octanol–water partition coefficient (Wildman–Crippen LogP) is 1.98. The smallest absolute Gasteiger partial charge is 0.245 e. The Morgan fingerprint density at radius 1 is 1.00 bits per heavy atom. The predicted molar refractivity (Wildman–Crippen MR) is 71.8 cm³/mol. The first kappa shape index (κ1) is 12.3. The number of benzene rings is 2. The van der Waals surface area contributed by atoms with Crippen molar-refractivity contribution in [2.24, 2.45) is 0 Å². The average molecular weight is 275 g/mol. The summed E-state index contributed by atoms with van der Waals surface area (Å²) in [7, 11) is -2.30. The second-order valence-electron chi connectivity index (χ2n) is 4.48. The summed E-state index contributed by atoms with van der Waals surface area (Å²) < 4.78 is 25.9. The summed E-state index contributed by atoms with van der Waals surface area (Å²) in [6, 6.07) is 14.0. The molecule has 19 heavy (non-hydrogen) atoms. The molecule has 0 amide bonds. The maximum Gasteiger partial charge on any atom is 0.245 e. The monoisotopic (exact) mass is 275 g/mol. The van der Waals surface area contributed by atoms with Crippen LogP contribution in [-0.2, 0) is 10.0 Å². The van der Waals surface area contributed by atoms with Gasteiger partial charge in [-0.05, 0) is 11.6 Å². The highest BCUT2D eigenvalue weighted by Crippen LogP contribution is 2.39. The zero-order valence-corrected chi connectivity index (χ0v) is 11.1. The van der Waals surface area contributed by atoms with Crippen LogP contribution < -0.4 is 0 Å². The van der Waals surface area contributed by atoms with Crippen molar-refractivity contribution in [1.82, 2.24) is 4.31 Å². The molecule has 1 heterocycles. The van der Waals surface area contributed by atoms with Crippen molar-refractivity contribution < 1.29 is 13.5 Å². The van der Waals surface area contributed by atoms with Gasteiger partial charge < -0.3 is 5.11 Å². The highest BCUT2D eigenvalue weighted by atomic mass is 32.2. The van der Waals surface area contributed by atoms with E-state index in [9.17, 15) is 13.5 Å². The highest BCUT2D eigenvalue weighted by Gasteiger charge is 2.34. The van der Waals surface area contributed by atoms with Gasteiger partial charge in [0.1, 0.15) is 6.23 Å². The van der Waals surface area contributed by atoms with Crippen LogP contribution in [0.4, 0.5) is 0 Å². The van der Waals surface area contributed by atoms with Gasteiger partial charge in [0.15, 0.2) is 0 Å². The van der Waals surface area contributed by atoms with Gasteiger partial charge in [0.05, 0.1) is 4.90 Å². The molecule has 1 aliphatic heterocycles. The van der Waals surface area contributed by atoms with Crippen LogP contribution in [0.3, 0.4) is 0 Å². The molecule has 2 aromatic rings. The maximum absolute atomic E-state index is 12.5. The van der Waals surface area contributed by atoms with Gasteiger partial charge in [0.2, 0.25) is 10.0 Å². The largest absolute Gasteiger partial charge is 0.373 e. The van der Waals surface area contributed by atoms with Crippen molar-refractivity contribution in [3.63, 3.8) is 0 Å². The summed E-state index contributed by atoms with van der Waals surface area (Å²) in [6.45, 7) is 0. The van der Waals surface area contributed by atoms with E-state index in [-0.39, 0.29) is 4.90 Å². The summed E-state index contributed by atoms with van der Waals surface area (Å²) in [4.78, 5) is 0.224. The minimum atomic E-state index is -3.69. The molecule has 1 unspecified atom stereocenters. The Morgan fingerprint density at radius 2 is 1.58 bits per heavy atom. The summed E-state index contributed by atoms with van der Waals surface area (Å²) in [5.41, 5.74) is 1.97. The summed E-state index contributed by atoms with van der Waals surface area (Å²) in [5.74, 6) is 0. The Morgan fingerprint density at radius 3 is 2.32 bits per heavy atom. The third-order valence-corrected chi connectivity index (χ3v) is 5.29. The fourth-order valence-electron chi connectivity index (χ4n) is 2.36. The van der Waals surface area contributed by atoms with Crippen molar-refractivity contribution >= 4 is 10.0 Å². The highest BCUT2D eigenvalue weighted by molar-refractivity contribution is 7.89. The molecule has 1 atom stereocenters. The van der Waals surface area contributed by atoms with Gasteiger partial charge in [0.25, 0.3) is 0 Å². The molecule has 0 fully saturated rings. The Hall–Kier alpha value is -1.69. The Labute approximate surface area is 112 Å². The first-order valence-electron chi connectivity index (χ1n) is 5.88. The normalized spacial score (nSPS) is 21.3. The first-order valence-corrected chi connectivity index (χ1v) is 7.32. The lowest BCUT2D eigenvalue weighted by Gasteiger charge is -2.21. The number of sulfonamides is 1. The van der Waals surface area contributed by atoms with Gasteiger partial charge in [-0.25, -0.2) is 8.42 Å². The third kappa shape index (κ3) is 1.70. The van der Waals surface area contributed by atoms with Crippen molar-refractivity contribution in [2.45, 2.75) is 11.1 Å². The third-order valence-electron chi connectivity index (χ3n) is 3.42. The number of hydrogen-bond donors (Lipinski definition) is 1. The van der Waals surface area contributed by atoms with Gasteiger partial charge in [-0.1, -0.05) is 42.5 Å². The molecule has 0 bridgehead atoms. The van der Waals surface area contributed by atoms with Crippen LogP contribution in [0.5, 0.6) is 0 Å². The summed E-state index contributed by atoms with van der Waals surface area (Å²) in [5, 5.41) is 10.3. The molecule has 3 rings (SSSR count). The van der Waals surface area contributed by atoms with E-state index in [1.807, 2.05) is 12.1 Å². The van der Waals surface area contributed by atoms with Crippen LogP contribution in [0, 0.1) is 0 Å². The first-order chi connectivity index (χ1) is 9.03. The van der Waals surface area contributed by atoms with Crippen LogP contribution in [0.25, 0.3) is 11.1 Å². The van der Waals surface area contributed by atoms with Gasteiger partial charge >= 0.3 is 0 Å². The van der Waals surface area contributed by atoms with Crippen LogP contribution in [0.15, 0.2) is 53.4 Å². The van der Waals surface area contributed by atoms with Crippen molar-refractivity contribution in [3.8, 4) is 11.1 Å². The van der Waals surface area contributed by atoms with Gasteiger partial charge in [-0.15, -0.1) is 0 Å². The molecule has 98 valence electrons. The molecule has 0 spiro atoms. The molecule has 1 aliphatic rings. The number of aliphatic hydroxyl groups is 1. The molecule has 5 heteroatoms. The Kier molecular flexibility index (Phi) is 2.70. The van der Waals surface area contributed by atoms with E-state index < -0.39 is 16.3 Å². The lowest BCUT2D eigenvalue weighted by atomic mass is 9.99. The van der Waals surface area contributed by atoms with Crippen LogP contribution in [0.1, 0.15) is 11.8 Å². The number of fused-ring (bicyclic) bond motifs is 3. The molecule has 4 nitrogen and oxygen atoms in total. The zero-order valence-electron chi connectivity index (χ0n) is 10.3. The fraction of sp³-hybridized carbons (Fsp3) is 0.143. The maximum atomic E-state index is 12.5. The number of nitrogens with zero attached hydrogens (tertiary/aromatic N) is 1. The van der Waals surface area contributed by atoms with E-state index in [0.717, 1.165) is 9.87 Å². The van der Waals surface area contributed by atoms with E-state index in [4.69, 9.17) is 0 Å². The van der Waals surface area contributed by atoms with E-state index >= 15 is 0 Å². The average Bonchev–Trinajstić information content (AvgIpc) is 2.50. The lowest BCUT2D eigenvalue weighted by molar-refractivity contribution is 0.0794. The quantitative estimate of drug-likeness (QED) is 0.800. The van der Waals surface area contributed by atoms with E-state index in [0.29, 0.717) is 11.1 Å². The summed E-state index contributed by atoms with van der Waals surface area (Å²) >= 11 is 0. The van der Waals surface area contributed by atoms with Crippen molar-refractivity contribution in [1.29, 1.82) is 0 Å². The van der Waals surface area contributed by atoms with Gasteiger partial charge in [-0.2, -0.15) is 4.31 Å². The molecule has 2 aromatic carbocycles. The van der Waals surface area contributed by atoms with E-state index in [1.54, 1.807) is 36.4 Å². The topological polar surface area (TPSA) is 57.6 Å². The zero-order chi connectivity index (χ0) is 13.6. The molecule has 0 aromatic heterocycles. The second kappa shape index (κ2) is 4.16.